The molecule has 3 saturated carbocycles. The molecule has 3 aliphatic carbocycles. The molecule has 3 heterocycles. The Kier molecular flexibility index (Phi) is 9.97. The standard InChI is InChI=1S/C43H57NO8/c1-11-44(12-2)31(45)17-15-22-42-39(48)29-24-30(40(8,9)52-42)43(42)33(38(29)49-13-3)35(47)32-34(46)27-20-23-41(10,21-14-16-25(4)5)50-36(27)28(37(32)51-43)19-18-26(6)7/h15-18,20,23,29-30,33,38,46H,11-14,19,21-22,24H2,1-10H3/b17-15+/t29-,30?,33?,38?,41+,42-,43-/m0/s1. The Morgan fingerprint density at radius 2 is 1.71 bits per heavy atom. The molecule has 3 aliphatic heterocycles. The van der Waals surface area contributed by atoms with Gasteiger partial charge in [0.2, 0.25) is 5.91 Å². The zero-order chi connectivity index (χ0) is 38.0. The van der Waals surface area contributed by atoms with Gasteiger partial charge in [-0.15, -0.1) is 0 Å². The van der Waals surface area contributed by atoms with Crippen molar-refractivity contribution in [3.8, 4) is 17.2 Å². The first-order chi connectivity index (χ1) is 24.5. The van der Waals surface area contributed by atoms with Gasteiger partial charge in [0, 0.05) is 43.5 Å². The van der Waals surface area contributed by atoms with Crippen molar-refractivity contribution in [1.82, 2.24) is 4.90 Å². The van der Waals surface area contributed by atoms with Crippen molar-refractivity contribution in [2.45, 2.75) is 130 Å². The van der Waals surface area contributed by atoms with Crippen molar-refractivity contribution in [3.63, 3.8) is 0 Å². The number of hydrogen-bond donors (Lipinski definition) is 1. The zero-order valence-electron chi connectivity index (χ0n) is 32.7. The largest absolute Gasteiger partial charge is 0.506 e. The van der Waals surface area contributed by atoms with Crippen LogP contribution in [0.4, 0.5) is 0 Å². The van der Waals surface area contributed by atoms with Gasteiger partial charge >= 0.3 is 0 Å². The molecule has 9 heteroatoms. The molecule has 282 valence electrons. The molecule has 1 spiro atoms. The molecule has 9 nitrogen and oxygen atoms in total. The number of carbonyl (C=O) groups is 3. The molecule has 7 rings (SSSR count). The minimum absolute atomic E-state index is 0.0507. The molecule has 52 heavy (non-hydrogen) atoms. The second-order valence-corrected chi connectivity index (χ2v) is 16.4. The molecule has 4 bridgehead atoms. The number of ketones is 2. The number of likely N-dealkylation sites (N-methyl/N-ethyl adjacent to an activating group) is 1. The molecule has 6 aliphatic rings. The Morgan fingerprint density at radius 1 is 1.02 bits per heavy atom. The highest BCUT2D eigenvalue weighted by Gasteiger charge is 2.85. The normalized spacial score (nSPS) is 31.7. The number of rotatable bonds is 12. The lowest BCUT2D eigenvalue weighted by atomic mass is 9.45. The molecule has 1 aromatic rings. The molecule has 0 radical (unpaired) electrons. The van der Waals surface area contributed by atoms with Gasteiger partial charge in [0.1, 0.15) is 28.4 Å². The van der Waals surface area contributed by atoms with E-state index in [1.807, 2.05) is 67.5 Å². The molecular formula is C43H57NO8. The lowest BCUT2D eigenvalue weighted by molar-refractivity contribution is -0.226. The van der Waals surface area contributed by atoms with Crippen molar-refractivity contribution >= 4 is 23.5 Å². The fraction of sp³-hybridized carbons (Fsp3) is 0.605. The van der Waals surface area contributed by atoms with Crippen molar-refractivity contribution in [2.75, 3.05) is 19.7 Å². The number of benzene rings is 1. The van der Waals surface area contributed by atoms with Gasteiger partial charge in [-0.3, -0.25) is 14.4 Å². The van der Waals surface area contributed by atoms with E-state index in [-0.39, 0.29) is 46.9 Å². The van der Waals surface area contributed by atoms with Gasteiger partial charge in [0.05, 0.1) is 23.2 Å². The number of fused-ring (bicyclic) bond motifs is 2. The highest BCUT2D eigenvalue weighted by Crippen LogP contribution is 2.70. The van der Waals surface area contributed by atoms with Gasteiger partial charge in [-0.1, -0.05) is 29.4 Å². The minimum atomic E-state index is -1.57. The van der Waals surface area contributed by atoms with Crippen LogP contribution < -0.4 is 9.47 Å². The monoisotopic (exact) mass is 715 g/mol. The summed E-state index contributed by atoms with van der Waals surface area (Å²) < 4.78 is 27.5. The lowest BCUT2D eigenvalue weighted by Crippen LogP contribution is -2.80. The van der Waals surface area contributed by atoms with E-state index in [2.05, 4.69) is 26.0 Å². The van der Waals surface area contributed by atoms with Crippen molar-refractivity contribution in [2.24, 2.45) is 17.8 Å². The van der Waals surface area contributed by atoms with E-state index in [1.165, 1.54) is 11.6 Å². The molecule has 1 N–H and O–H groups in total. The Morgan fingerprint density at radius 3 is 2.35 bits per heavy atom. The van der Waals surface area contributed by atoms with Crippen molar-refractivity contribution in [3.05, 3.63) is 58.2 Å². The number of amides is 1. The lowest BCUT2D eigenvalue weighted by Gasteiger charge is -2.62. The third-order valence-corrected chi connectivity index (χ3v) is 12.1. The van der Waals surface area contributed by atoms with E-state index >= 15 is 4.79 Å². The summed E-state index contributed by atoms with van der Waals surface area (Å²) in [4.78, 5) is 45.1. The average molecular weight is 716 g/mol. The smallest absolute Gasteiger partial charge is 0.246 e. The fourth-order valence-electron chi connectivity index (χ4n) is 9.72. The number of Topliss-reactive ketones (excluding diaryl/α,β-unsaturated/α-hetero) is 2. The maximum Gasteiger partial charge on any atom is 0.246 e. The fourth-order valence-corrected chi connectivity index (χ4v) is 9.72. The molecule has 1 amide bonds. The Bertz CT molecular complexity index is 1770. The number of aromatic hydroxyl groups is 1. The van der Waals surface area contributed by atoms with E-state index < -0.39 is 40.3 Å². The van der Waals surface area contributed by atoms with Crippen LogP contribution in [0, 0.1) is 17.8 Å². The van der Waals surface area contributed by atoms with Crippen LogP contribution in [0.2, 0.25) is 0 Å². The maximum absolute atomic E-state index is 15.3. The minimum Gasteiger partial charge on any atom is -0.506 e. The summed E-state index contributed by atoms with van der Waals surface area (Å²) in [6.07, 6.45) is 12.9. The van der Waals surface area contributed by atoms with E-state index in [1.54, 1.807) is 11.0 Å². The third-order valence-electron chi connectivity index (χ3n) is 12.1. The molecular weight excluding hydrogens is 658 g/mol. The summed E-state index contributed by atoms with van der Waals surface area (Å²) in [7, 11) is 0. The molecule has 1 saturated heterocycles. The van der Waals surface area contributed by atoms with Gasteiger partial charge in [-0.2, -0.15) is 0 Å². The predicted octanol–water partition coefficient (Wildman–Crippen LogP) is 7.73. The van der Waals surface area contributed by atoms with Crippen LogP contribution in [-0.2, 0) is 25.5 Å². The number of phenols is 1. The first kappa shape index (κ1) is 38.0. The Hall–Kier alpha value is -3.69. The van der Waals surface area contributed by atoms with Crippen LogP contribution in [0.3, 0.4) is 0 Å². The molecule has 4 fully saturated rings. The molecule has 1 aromatic carbocycles. The topological polar surface area (TPSA) is 112 Å². The second kappa shape index (κ2) is 13.6. The Labute approximate surface area is 309 Å². The van der Waals surface area contributed by atoms with E-state index in [0.29, 0.717) is 55.8 Å². The number of nitrogens with zero attached hydrogens (tertiary/aromatic N) is 1. The number of phenolic OH excluding ortho intramolecular Hbond substituents is 1. The van der Waals surface area contributed by atoms with E-state index in [0.717, 1.165) is 12.0 Å². The summed E-state index contributed by atoms with van der Waals surface area (Å²) in [5, 5.41) is 12.1. The van der Waals surface area contributed by atoms with Crippen LogP contribution in [0.1, 0.15) is 116 Å². The van der Waals surface area contributed by atoms with Crippen LogP contribution >= 0.6 is 0 Å². The van der Waals surface area contributed by atoms with E-state index in [9.17, 15) is 14.7 Å². The van der Waals surface area contributed by atoms with Crippen molar-refractivity contribution < 1.29 is 38.4 Å². The first-order valence-corrected chi connectivity index (χ1v) is 19.1. The van der Waals surface area contributed by atoms with Gasteiger partial charge in [-0.05, 0) is 113 Å². The maximum atomic E-state index is 15.3. The summed E-state index contributed by atoms with van der Waals surface area (Å²) in [6.45, 7) is 21.2. The molecule has 7 atom stereocenters. The van der Waals surface area contributed by atoms with E-state index in [4.69, 9.17) is 18.9 Å². The van der Waals surface area contributed by atoms with Gasteiger partial charge in [0.15, 0.2) is 22.8 Å². The Balaban J connectivity index is 1.58. The summed E-state index contributed by atoms with van der Waals surface area (Å²) >= 11 is 0. The van der Waals surface area contributed by atoms with Crippen LogP contribution in [-0.4, -0.2) is 75.7 Å². The summed E-state index contributed by atoms with van der Waals surface area (Å²) in [6, 6.07) is 0. The summed E-state index contributed by atoms with van der Waals surface area (Å²) in [5.74, 6) is -2.04. The molecule has 0 aromatic heterocycles. The van der Waals surface area contributed by atoms with Gasteiger partial charge in [0.25, 0.3) is 0 Å². The summed E-state index contributed by atoms with van der Waals surface area (Å²) in [5.41, 5.74) is -1.09. The predicted molar refractivity (Wildman–Crippen MR) is 201 cm³/mol. The van der Waals surface area contributed by atoms with Crippen LogP contribution in [0.25, 0.3) is 6.08 Å². The first-order valence-electron chi connectivity index (χ1n) is 19.1. The third kappa shape index (κ3) is 5.69. The number of allylic oxidation sites excluding steroid dienone is 4. The average Bonchev–Trinajstić information content (AvgIpc) is 3.20. The number of carbonyl (C=O) groups excluding carboxylic acids is 3. The SMILES string of the molecule is CCOC1C2C(=O)c3c(O)c4c(c(CC=C(C)C)c3O[C@@]23C2C[C@@H]1C(=O)[C@]3(C/C=C/C(=O)N(CC)CC)OC2(C)C)O[C@](C)(CCC=C(C)C)C=C4. The number of hydrogen-bond acceptors (Lipinski definition) is 8. The van der Waals surface area contributed by atoms with Crippen molar-refractivity contribution in [1.29, 1.82) is 0 Å². The molecule has 3 unspecified atom stereocenters. The van der Waals surface area contributed by atoms with Gasteiger partial charge in [-0.25, -0.2) is 0 Å². The number of ether oxygens (including phenoxy) is 4. The second-order valence-electron chi connectivity index (χ2n) is 16.4. The van der Waals surface area contributed by atoms with Crippen LogP contribution in [0.5, 0.6) is 17.2 Å². The highest BCUT2D eigenvalue weighted by atomic mass is 16.6. The zero-order valence-corrected chi connectivity index (χ0v) is 32.7. The van der Waals surface area contributed by atoms with Gasteiger partial charge < -0.3 is 29.0 Å². The highest BCUT2D eigenvalue weighted by molar-refractivity contribution is 6.10. The quantitative estimate of drug-likeness (QED) is 0.173. The van der Waals surface area contributed by atoms with Crippen LogP contribution in [0.15, 0.2) is 41.5 Å².